The Morgan fingerprint density at radius 1 is 1.20 bits per heavy atom. The second-order valence-electron chi connectivity index (χ2n) is 3.65. The number of nitro benzene ring substituents is 1. The van der Waals surface area contributed by atoms with Crippen molar-refractivity contribution in [1.82, 2.24) is 4.31 Å². The second kappa shape index (κ2) is 7.42. The summed E-state index contributed by atoms with van der Waals surface area (Å²) in [6, 6.07) is 3.38. The molecule has 0 heterocycles. The zero-order valence-electron chi connectivity index (χ0n) is 10.1. The van der Waals surface area contributed by atoms with Crippen molar-refractivity contribution >= 4 is 50.5 Å². The lowest BCUT2D eigenvalue weighted by Gasteiger charge is -2.20. The minimum atomic E-state index is -4.05. The number of sulfonamides is 1. The normalized spacial score (nSPS) is 11.8. The summed E-state index contributed by atoms with van der Waals surface area (Å²) in [5, 5.41) is 11.1. The van der Waals surface area contributed by atoms with E-state index in [2.05, 4.69) is 0 Å². The molecule has 0 saturated heterocycles. The zero-order valence-corrected chi connectivity index (χ0v) is 13.2. The van der Waals surface area contributed by atoms with Crippen LogP contribution in [0.3, 0.4) is 0 Å². The van der Waals surface area contributed by atoms with Crippen LogP contribution in [-0.2, 0) is 10.0 Å². The number of rotatable bonds is 7. The molecule has 0 saturated carbocycles. The summed E-state index contributed by atoms with van der Waals surface area (Å²) >= 11 is 16.8. The Balaban J connectivity index is 3.36. The van der Waals surface area contributed by atoms with E-state index in [0.29, 0.717) is 0 Å². The predicted octanol–water partition coefficient (Wildman–Crippen LogP) is 2.72. The smallest absolute Gasteiger partial charge is 0.258 e. The molecular weight excluding hydrogens is 351 g/mol. The van der Waals surface area contributed by atoms with Gasteiger partial charge in [0.25, 0.3) is 5.69 Å². The first-order valence-electron chi connectivity index (χ1n) is 5.40. The molecule has 0 aliphatic heterocycles. The van der Waals surface area contributed by atoms with Gasteiger partial charge in [-0.15, -0.1) is 23.2 Å². The van der Waals surface area contributed by atoms with Crippen LogP contribution in [0.4, 0.5) is 5.69 Å². The average Bonchev–Trinajstić information content (AvgIpc) is 2.38. The van der Waals surface area contributed by atoms with Crippen LogP contribution in [-0.4, -0.2) is 42.5 Å². The highest BCUT2D eigenvalue weighted by molar-refractivity contribution is 7.89. The highest BCUT2D eigenvalue weighted by atomic mass is 35.5. The minimum absolute atomic E-state index is 0.0103. The van der Waals surface area contributed by atoms with Crippen LogP contribution in [0, 0.1) is 10.1 Å². The molecule has 10 heteroatoms. The molecule has 0 fully saturated rings. The van der Waals surface area contributed by atoms with Crippen LogP contribution >= 0.6 is 34.8 Å². The van der Waals surface area contributed by atoms with E-state index in [9.17, 15) is 18.5 Å². The average molecular weight is 362 g/mol. The fraction of sp³-hybridized carbons (Fsp3) is 0.400. The SMILES string of the molecule is O=[N+]([O-])c1cc(Cl)ccc1S(=O)(=O)N(CCCl)CCCl. The van der Waals surface area contributed by atoms with E-state index in [4.69, 9.17) is 34.8 Å². The molecule has 0 aliphatic rings. The van der Waals surface area contributed by atoms with Crippen molar-refractivity contribution in [1.29, 1.82) is 0 Å². The minimum Gasteiger partial charge on any atom is -0.258 e. The van der Waals surface area contributed by atoms with Crippen molar-refractivity contribution in [2.75, 3.05) is 24.8 Å². The van der Waals surface area contributed by atoms with Crippen molar-refractivity contribution < 1.29 is 13.3 Å². The summed E-state index contributed by atoms with van der Waals surface area (Å²) in [4.78, 5) is 9.75. The number of alkyl halides is 2. The fourth-order valence-corrected chi connectivity index (χ4v) is 3.89. The van der Waals surface area contributed by atoms with Gasteiger partial charge in [0.2, 0.25) is 10.0 Å². The Hall–Kier alpha value is -0.600. The van der Waals surface area contributed by atoms with Crippen LogP contribution in [0.15, 0.2) is 23.1 Å². The largest absolute Gasteiger partial charge is 0.290 e. The van der Waals surface area contributed by atoms with Gasteiger partial charge >= 0.3 is 0 Å². The maximum Gasteiger partial charge on any atom is 0.290 e. The Labute approximate surface area is 131 Å². The van der Waals surface area contributed by atoms with E-state index in [1.165, 1.54) is 6.07 Å². The lowest BCUT2D eigenvalue weighted by atomic mass is 10.3. The molecule has 1 aromatic carbocycles. The number of benzene rings is 1. The van der Waals surface area contributed by atoms with E-state index >= 15 is 0 Å². The lowest BCUT2D eigenvalue weighted by molar-refractivity contribution is -0.387. The summed E-state index contributed by atoms with van der Waals surface area (Å²) in [7, 11) is -4.05. The van der Waals surface area contributed by atoms with Crippen molar-refractivity contribution in [2.24, 2.45) is 0 Å². The first-order chi connectivity index (χ1) is 9.34. The Kier molecular flexibility index (Phi) is 6.47. The van der Waals surface area contributed by atoms with E-state index < -0.39 is 25.5 Å². The van der Waals surface area contributed by atoms with Gasteiger partial charge in [-0.1, -0.05) is 11.6 Å². The third-order valence-electron chi connectivity index (χ3n) is 2.40. The third kappa shape index (κ3) is 3.95. The first-order valence-corrected chi connectivity index (χ1v) is 8.29. The standard InChI is InChI=1S/C10H11Cl3N2O4S/c11-3-5-14(6-4-12)20(18,19)10-2-1-8(13)7-9(10)15(16)17/h1-2,7H,3-6H2. The molecule has 0 spiro atoms. The van der Waals surface area contributed by atoms with Gasteiger partial charge in [-0.05, 0) is 12.1 Å². The number of hydrogen-bond donors (Lipinski definition) is 0. The fourth-order valence-electron chi connectivity index (χ4n) is 1.53. The Morgan fingerprint density at radius 3 is 2.20 bits per heavy atom. The molecule has 20 heavy (non-hydrogen) atoms. The molecule has 0 aliphatic carbocycles. The molecule has 0 radical (unpaired) electrons. The summed E-state index contributed by atoms with van der Waals surface area (Å²) in [5.74, 6) is 0.106. The van der Waals surface area contributed by atoms with Gasteiger partial charge in [-0.3, -0.25) is 10.1 Å². The van der Waals surface area contributed by atoms with Gasteiger partial charge in [0.1, 0.15) is 0 Å². The van der Waals surface area contributed by atoms with Gasteiger partial charge < -0.3 is 0 Å². The third-order valence-corrected chi connectivity index (χ3v) is 4.92. The van der Waals surface area contributed by atoms with Crippen LogP contribution in [0.25, 0.3) is 0 Å². The topological polar surface area (TPSA) is 80.5 Å². The van der Waals surface area contributed by atoms with Crippen LogP contribution < -0.4 is 0 Å². The summed E-state index contributed by atoms with van der Waals surface area (Å²) in [5.41, 5.74) is -0.577. The summed E-state index contributed by atoms with van der Waals surface area (Å²) in [6.07, 6.45) is 0. The molecule has 0 atom stereocenters. The van der Waals surface area contributed by atoms with Gasteiger partial charge in [-0.2, -0.15) is 4.31 Å². The van der Waals surface area contributed by atoms with E-state index in [1.807, 2.05) is 0 Å². The molecule has 1 rings (SSSR count). The van der Waals surface area contributed by atoms with Crippen molar-refractivity contribution in [3.63, 3.8) is 0 Å². The molecule has 0 unspecified atom stereocenters. The van der Waals surface area contributed by atoms with Crippen LogP contribution in [0.2, 0.25) is 5.02 Å². The lowest BCUT2D eigenvalue weighted by Crippen LogP contribution is -2.34. The maximum atomic E-state index is 12.4. The monoisotopic (exact) mass is 360 g/mol. The maximum absolute atomic E-state index is 12.4. The highest BCUT2D eigenvalue weighted by Crippen LogP contribution is 2.29. The first kappa shape index (κ1) is 17.5. The summed E-state index contributed by atoms with van der Waals surface area (Å²) < 4.78 is 25.8. The van der Waals surface area contributed by atoms with Crippen LogP contribution in [0.1, 0.15) is 0 Å². The van der Waals surface area contributed by atoms with E-state index in [1.54, 1.807) is 0 Å². The van der Waals surface area contributed by atoms with Gasteiger partial charge in [0, 0.05) is 35.9 Å². The van der Waals surface area contributed by atoms with Crippen LogP contribution in [0.5, 0.6) is 0 Å². The molecule has 6 nitrogen and oxygen atoms in total. The predicted molar refractivity (Wildman–Crippen MR) is 78.3 cm³/mol. The van der Waals surface area contributed by atoms with Crippen molar-refractivity contribution in [2.45, 2.75) is 4.90 Å². The van der Waals surface area contributed by atoms with Crippen molar-refractivity contribution in [3.05, 3.63) is 33.3 Å². The summed E-state index contributed by atoms with van der Waals surface area (Å²) in [6.45, 7) is 0.0206. The van der Waals surface area contributed by atoms with Gasteiger partial charge in [0.05, 0.1) is 4.92 Å². The molecule has 112 valence electrons. The van der Waals surface area contributed by atoms with Gasteiger partial charge in [0.15, 0.2) is 4.90 Å². The number of halogens is 3. The second-order valence-corrected chi connectivity index (χ2v) is 6.75. The van der Waals surface area contributed by atoms with E-state index in [-0.39, 0.29) is 29.9 Å². The highest BCUT2D eigenvalue weighted by Gasteiger charge is 2.31. The Bertz CT molecular complexity index is 588. The molecule has 1 aromatic rings. The van der Waals surface area contributed by atoms with E-state index in [0.717, 1.165) is 16.4 Å². The molecule has 0 amide bonds. The van der Waals surface area contributed by atoms with Crippen molar-refractivity contribution in [3.8, 4) is 0 Å². The number of nitrogens with zero attached hydrogens (tertiary/aromatic N) is 2. The molecule has 0 N–H and O–H groups in total. The quantitative estimate of drug-likeness (QED) is 0.425. The number of hydrogen-bond acceptors (Lipinski definition) is 4. The Morgan fingerprint density at radius 2 is 1.75 bits per heavy atom. The molecule has 0 bridgehead atoms. The molecule has 0 aromatic heterocycles. The zero-order chi connectivity index (χ0) is 15.3. The number of nitro groups is 1. The molecular formula is C10H11Cl3N2O4S. The van der Waals surface area contributed by atoms with Gasteiger partial charge in [-0.25, -0.2) is 8.42 Å².